The highest BCUT2D eigenvalue weighted by molar-refractivity contribution is 6.31. The van der Waals surface area contributed by atoms with Gasteiger partial charge in [0.05, 0.1) is 12.6 Å². The van der Waals surface area contributed by atoms with Crippen molar-refractivity contribution in [3.63, 3.8) is 0 Å². The Morgan fingerprint density at radius 1 is 1.47 bits per heavy atom. The van der Waals surface area contributed by atoms with E-state index in [1.54, 1.807) is 24.1 Å². The molecule has 0 fully saturated rings. The second-order valence-electron chi connectivity index (χ2n) is 4.58. The number of aliphatic hydroxyl groups is 1. The predicted molar refractivity (Wildman–Crippen MR) is 77.2 cm³/mol. The highest BCUT2D eigenvalue weighted by Crippen LogP contribution is 2.22. The number of hydrogen-bond acceptors (Lipinski definition) is 3. The van der Waals surface area contributed by atoms with Crippen molar-refractivity contribution in [1.82, 2.24) is 10.2 Å². The molecule has 1 unspecified atom stereocenters. The topological polar surface area (TPSA) is 52.6 Å². The SMILES string of the molecule is CCCNC(=O)CN(C)CC(O)c1ccccc1Cl. The van der Waals surface area contributed by atoms with Crippen LogP contribution in [0.2, 0.25) is 5.02 Å². The van der Waals surface area contributed by atoms with Gasteiger partial charge in [0, 0.05) is 23.7 Å². The zero-order valence-corrected chi connectivity index (χ0v) is 12.2. The van der Waals surface area contributed by atoms with E-state index in [0.29, 0.717) is 23.7 Å². The maximum atomic E-state index is 11.5. The van der Waals surface area contributed by atoms with Gasteiger partial charge in [-0.3, -0.25) is 9.69 Å². The van der Waals surface area contributed by atoms with Crippen molar-refractivity contribution < 1.29 is 9.90 Å². The van der Waals surface area contributed by atoms with E-state index in [4.69, 9.17) is 11.6 Å². The van der Waals surface area contributed by atoms with Crippen molar-refractivity contribution in [3.05, 3.63) is 34.9 Å². The minimum Gasteiger partial charge on any atom is -0.387 e. The van der Waals surface area contributed by atoms with Gasteiger partial charge in [-0.1, -0.05) is 36.7 Å². The number of nitrogens with one attached hydrogen (secondary N) is 1. The third-order valence-corrected chi connectivity index (χ3v) is 3.08. The first-order valence-electron chi connectivity index (χ1n) is 6.42. The highest BCUT2D eigenvalue weighted by Gasteiger charge is 2.15. The molecular weight excluding hydrogens is 264 g/mol. The quantitative estimate of drug-likeness (QED) is 0.803. The molecule has 0 spiro atoms. The predicted octanol–water partition coefficient (Wildman–Crippen LogP) is 1.83. The summed E-state index contributed by atoms with van der Waals surface area (Å²) in [5.41, 5.74) is 0.685. The first-order valence-corrected chi connectivity index (χ1v) is 6.80. The van der Waals surface area contributed by atoms with Gasteiger partial charge < -0.3 is 10.4 Å². The molecule has 0 aliphatic heterocycles. The summed E-state index contributed by atoms with van der Waals surface area (Å²) in [4.78, 5) is 13.3. The summed E-state index contributed by atoms with van der Waals surface area (Å²) in [5, 5.41) is 13.4. The number of hydrogen-bond donors (Lipinski definition) is 2. The number of rotatable bonds is 7. The molecule has 0 bridgehead atoms. The fourth-order valence-electron chi connectivity index (χ4n) is 1.77. The fraction of sp³-hybridized carbons (Fsp3) is 0.500. The first kappa shape index (κ1) is 16.0. The van der Waals surface area contributed by atoms with Crippen LogP contribution in [0, 0.1) is 0 Å². The average molecular weight is 285 g/mol. The molecule has 0 saturated carbocycles. The van der Waals surface area contributed by atoms with Gasteiger partial charge >= 0.3 is 0 Å². The van der Waals surface area contributed by atoms with Gasteiger partial charge in [0.2, 0.25) is 5.91 Å². The number of carbonyl (C=O) groups is 1. The minimum atomic E-state index is -0.697. The summed E-state index contributed by atoms with van der Waals surface area (Å²) in [6.07, 6.45) is 0.218. The lowest BCUT2D eigenvalue weighted by Crippen LogP contribution is -2.37. The van der Waals surface area contributed by atoms with Gasteiger partial charge in [-0.15, -0.1) is 0 Å². The van der Waals surface area contributed by atoms with Gasteiger partial charge in [0.15, 0.2) is 0 Å². The number of halogens is 1. The molecule has 0 heterocycles. The lowest BCUT2D eigenvalue weighted by Gasteiger charge is -2.20. The summed E-state index contributed by atoms with van der Waals surface area (Å²) in [5.74, 6) is -0.0318. The summed E-state index contributed by atoms with van der Waals surface area (Å²) >= 11 is 6.02. The van der Waals surface area contributed by atoms with Crippen LogP contribution in [0.1, 0.15) is 25.0 Å². The van der Waals surface area contributed by atoms with Crippen LogP contribution in [0.15, 0.2) is 24.3 Å². The van der Waals surface area contributed by atoms with Gasteiger partial charge in [0.25, 0.3) is 0 Å². The number of likely N-dealkylation sites (N-methyl/N-ethyl adjacent to an activating group) is 1. The Balaban J connectivity index is 2.46. The molecule has 1 rings (SSSR count). The van der Waals surface area contributed by atoms with E-state index < -0.39 is 6.10 Å². The third kappa shape index (κ3) is 5.59. The number of amides is 1. The Morgan fingerprint density at radius 2 is 2.16 bits per heavy atom. The van der Waals surface area contributed by atoms with Crippen LogP contribution in [0.4, 0.5) is 0 Å². The molecule has 2 N–H and O–H groups in total. The number of carbonyl (C=O) groups excluding carboxylic acids is 1. The van der Waals surface area contributed by atoms with Crippen LogP contribution in [-0.4, -0.2) is 42.6 Å². The van der Waals surface area contributed by atoms with E-state index in [9.17, 15) is 9.90 Å². The Morgan fingerprint density at radius 3 is 2.79 bits per heavy atom. The molecule has 4 nitrogen and oxygen atoms in total. The summed E-state index contributed by atoms with van der Waals surface area (Å²) < 4.78 is 0. The van der Waals surface area contributed by atoms with Crippen LogP contribution >= 0.6 is 11.6 Å². The lowest BCUT2D eigenvalue weighted by molar-refractivity contribution is -0.122. The number of nitrogens with zero attached hydrogens (tertiary/aromatic N) is 1. The lowest BCUT2D eigenvalue weighted by atomic mass is 10.1. The zero-order valence-electron chi connectivity index (χ0n) is 11.4. The maximum absolute atomic E-state index is 11.5. The standard InChI is InChI=1S/C14H21ClN2O2/c1-3-8-16-14(19)10-17(2)9-13(18)11-6-4-5-7-12(11)15/h4-7,13,18H,3,8-10H2,1-2H3,(H,16,19). The maximum Gasteiger partial charge on any atom is 0.234 e. The Hall–Kier alpha value is -1.10. The third-order valence-electron chi connectivity index (χ3n) is 2.73. The van der Waals surface area contributed by atoms with Gasteiger partial charge in [-0.05, 0) is 19.5 Å². The molecule has 1 atom stereocenters. The Kier molecular flexibility index (Phi) is 6.84. The van der Waals surface area contributed by atoms with E-state index >= 15 is 0 Å². The van der Waals surface area contributed by atoms with E-state index in [1.165, 1.54) is 0 Å². The van der Waals surface area contributed by atoms with Crippen LogP contribution in [-0.2, 0) is 4.79 Å². The van der Waals surface area contributed by atoms with Crippen molar-refractivity contribution >= 4 is 17.5 Å². The first-order chi connectivity index (χ1) is 9.04. The van der Waals surface area contributed by atoms with Gasteiger partial charge in [-0.2, -0.15) is 0 Å². The van der Waals surface area contributed by atoms with Gasteiger partial charge in [0.1, 0.15) is 0 Å². The van der Waals surface area contributed by atoms with E-state index in [0.717, 1.165) is 6.42 Å². The molecule has 1 aromatic rings. The molecule has 1 amide bonds. The smallest absolute Gasteiger partial charge is 0.234 e. The van der Waals surface area contributed by atoms with Crippen LogP contribution in [0.5, 0.6) is 0 Å². The fourth-order valence-corrected chi connectivity index (χ4v) is 2.03. The summed E-state index contributed by atoms with van der Waals surface area (Å²) in [7, 11) is 1.80. The Labute approximate surface area is 119 Å². The van der Waals surface area contributed by atoms with Crippen molar-refractivity contribution in [3.8, 4) is 0 Å². The van der Waals surface area contributed by atoms with E-state index in [1.807, 2.05) is 19.1 Å². The molecule has 0 aliphatic carbocycles. The zero-order chi connectivity index (χ0) is 14.3. The molecule has 19 heavy (non-hydrogen) atoms. The van der Waals surface area contributed by atoms with Crippen molar-refractivity contribution in [2.24, 2.45) is 0 Å². The second-order valence-corrected chi connectivity index (χ2v) is 4.99. The molecular formula is C14H21ClN2O2. The van der Waals surface area contributed by atoms with Crippen molar-refractivity contribution in [2.45, 2.75) is 19.4 Å². The summed E-state index contributed by atoms with van der Waals surface area (Å²) in [6, 6.07) is 7.19. The van der Waals surface area contributed by atoms with Crippen LogP contribution in [0.25, 0.3) is 0 Å². The molecule has 0 radical (unpaired) electrons. The van der Waals surface area contributed by atoms with E-state index in [-0.39, 0.29) is 12.5 Å². The number of benzene rings is 1. The second kappa shape index (κ2) is 8.15. The van der Waals surface area contributed by atoms with Crippen LogP contribution in [0.3, 0.4) is 0 Å². The molecule has 0 saturated heterocycles. The Bertz CT molecular complexity index is 412. The molecule has 5 heteroatoms. The molecule has 106 valence electrons. The van der Waals surface area contributed by atoms with Crippen molar-refractivity contribution in [2.75, 3.05) is 26.7 Å². The van der Waals surface area contributed by atoms with E-state index in [2.05, 4.69) is 5.32 Å². The molecule has 1 aromatic carbocycles. The molecule has 0 aromatic heterocycles. The number of aliphatic hydroxyl groups excluding tert-OH is 1. The van der Waals surface area contributed by atoms with Crippen LogP contribution < -0.4 is 5.32 Å². The summed E-state index contributed by atoms with van der Waals surface area (Å²) in [6.45, 7) is 3.32. The monoisotopic (exact) mass is 284 g/mol. The highest BCUT2D eigenvalue weighted by atomic mass is 35.5. The average Bonchev–Trinajstić information content (AvgIpc) is 2.36. The molecule has 0 aliphatic rings. The normalized spacial score (nSPS) is 12.5. The van der Waals surface area contributed by atoms with Gasteiger partial charge in [-0.25, -0.2) is 0 Å². The van der Waals surface area contributed by atoms with Crippen molar-refractivity contribution in [1.29, 1.82) is 0 Å². The largest absolute Gasteiger partial charge is 0.387 e. The minimum absolute atomic E-state index is 0.0318.